The second-order valence-corrected chi connectivity index (χ2v) is 9.09. The second kappa shape index (κ2) is 9.13. The lowest BCUT2D eigenvalue weighted by molar-refractivity contribution is -0.119. The minimum Gasteiger partial charge on any atom is -0.325 e. The standard InChI is InChI=1S/C23H27N5O2S/c1-4-14-5-7-15(8-6-14)17-12-19(28-27-17)22(30)24-16-9-10-20-18(11-16)25-23(31-20)26-21(29)13(2)3/h5-11,13,17,19,27-28H,4,12H2,1-3H3,(H,24,30)(H,25,26,29). The maximum atomic E-state index is 12.8. The highest BCUT2D eigenvalue weighted by Gasteiger charge is 2.30. The molecule has 0 radical (unpaired) electrons. The van der Waals surface area contributed by atoms with Crippen molar-refractivity contribution in [1.82, 2.24) is 15.8 Å². The molecule has 8 heteroatoms. The number of nitrogens with one attached hydrogen (secondary N) is 4. The van der Waals surface area contributed by atoms with Crippen molar-refractivity contribution in [2.24, 2.45) is 5.92 Å². The first-order valence-corrected chi connectivity index (χ1v) is 11.4. The van der Waals surface area contributed by atoms with Gasteiger partial charge in [0.15, 0.2) is 5.13 Å². The van der Waals surface area contributed by atoms with Crippen molar-refractivity contribution in [2.45, 2.75) is 45.7 Å². The van der Waals surface area contributed by atoms with Crippen LogP contribution >= 0.6 is 11.3 Å². The van der Waals surface area contributed by atoms with Crippen molar-refractivity contribution in [3.63, 3.8) is 0 Å². The lowest BCUT2D eigenvalue weighted by Gasteiger charge is -2.11. The van der Waals surface area contributed by atoms with Gasteiger partial charge in [-0.05, 0) is 42.2 Å². The summed E-state index contributed by atoms with van der Waals surface area (Å²) in [5, 5.41) is 6.36. The predicted molar refractivity (Wildman–Crippen MR) is 125 cm³/mol. The highest BCUT2D eigenvalue weighted by Crippen LogP contribution is 2.29. The van der Waals surface area contributed by atoms with Gasteiger partial charge in [-0.15, -0.1) is 0 Å². The Morgan fingerprint density at radius 3 is 2.61 bits per heavy atom. The molecule has 3 aromatic rings. The average Bonchev–Trinajstić information content (AvgIpc) is 3.40. The van der Waals surface area contributed by atoms with Gasteiger partial charge in [-0.25, -0.2) is 15.8 Å². The monoisotopic (exact) mass is 437 g/mol. The molecule has 2 aromatic carbocycles. The number of fused-ring (bicyclic) bond motifs is 1. The molecule has 1 aliphatic heterocycles. The average molecular weight is 438 g/mol. The van der Waals surface area contributed by atoms with E-state index in [4.69, 9.17) is 0 Å². The van der Waals surface area contributed by atoms with E-state index in [1.54, 1.807) is 0 Å². The van der Waals surface area contributed by atoms with Crippen LogP contribution in [0.15, 0.2) is 42.5 Å². The number of thiazole rings is 1. The maximum absolute atomic E-state index is 12.8. The number of hydrogen-bond acceptors (Lipinski definition) is 6. The van der Waals surface area contributed by atoms with Gasteiger partial charge in [-0.1, -0.05) is 56.4 Å². The molecule has 7 nitrogen and oxygen atoms in total. The summed E-state index contributed by atoms with van der Waals surface area (Å²) in [6.45, 7) is 5.82. The molecule has 2 unspecified atom stereocenters. The number of nitrogens with zero attached hydrogens (tertiary/aromatic N) is 1. The highest BCUT2D eigenvalue weighted by molar-refractivity contribution is 7.22. The van der Waals surface area contributed by atoms with Gasteiger partial charge in [0, 0.05) is 17.6 Å². The fraction of sp³-hybridized carbons (Fsp3) is 0.348. The Morgan fingerprint density at radius 1 is 1.13 bits per heavy atom. The summed E-state index contributed by atoms with van der Waals surface area (Å²) in [6, 6.07) is 13.9. The van der Waals surface area contributed by atoms with Gasteiger partial charge >= 0.3 is 0 Å². The van der Waals surface area contributed by atoms with Crippen LogP contribution in [0.5, 0.6) is 0 Å². The largest absolute Gasteiger partial charge is 0.325 e. The molecule has 1 aliphatic rings. The lowest BCUT2D eigenvalue weighted by atomic mass is 10.00. The molecule has 0 spiro atoms. The number of rotatable bonds is 6. The molecule has 2 atom stereocenters. The van der Waals surface area contributed by atoms with E-state index in [9.17, 15) is 9.59 Å². The van der Waals surface area contributed by atoms with Gasteiger partial charge < -0.3 is 10.6 Å². The smallest absolute Gasteiger partial charge is 0.242 e. The molecule has 1 aromatic heterocycles. The second-order valence-electron chi connectivity index (χ2n) is 8.06. The summed E-state index contributed by atoms with van der Waals surface area (Å²) < 4.78 is 0.952. The molecule has 31 heavy (non-hydrogen) atoms. The molecule has 2 amide bonds. The summed E-state index contributed by atoms with van der Waals surface area (Å²) in [4.78, 5) is 29.1. The molecule has 1 fully saturated rings. The Balaban J connectivity index is 1.39. The number of carbonyl (C=O) groups is 2. The quantitative estimate of drug-likeness (QED) is 0.468. The molecule has 4 rings (SSSR count). The van der Waals surface area contributed by atoms with E-state index in [1.165, 1.54) is 22.5 Å². The van der Waals surface area contributed by atoms with E-state index in [1.807, 2.05) is 32.0 Å². The number of anilines is 2. The summed E-state index contributed by atoms with van der Waals surface area (Å²) in [5.74, 6) is -0.267. The third-order valence-corrected chi connectivity index (χ3v) is 6.37. The fourth-order valence-corrected chi connectivity index (χ4v) is 4.32. The first kappa shape index (κ1) is 21.4. The number of benzene rings is 2. The molecule has 0 aliphatic carbocycles. The van der Waals surface area contributed by atoms with Crippen molar-refractivity contribution in [1.29, 1.82) is 0 Å². The summed E-state index contributed by atoms with van der Waals surface area (Å²) in [6.07, 6.45) is 1.68. The molecular formula is C23H27N5O2S. The van der Waals surface area contributed by atoms with Crippen molar-refractivity contribution < 1.29 is 9.59 Å². The van der Waals surface area contributed by atoms with E-state index >= 15 is 0 Å². The first-order chi connectivity index (χ1) is 14.9. The maximum Gasteiger partial charge on any atom is 0.242 e. The number of carbonyl (C=O) groups excluding carboxylic acids is 2. The number of hydrogen-bond donors (Lipinski definition) is 4. The molecule has 4 N–H and O–H groups in total. The fourth-order valence-electron chi connectivity index (χ4n) is 3.47. The molecular weight excluding hydrogens is 410 g/mol. The van der Waals surface area contributed by atoms with Crippen LogP contribution in [0.1, 0.15) is 44.4 Å². The van der Waals surface area contributed by atoms with E-state index in [-0.39, 0.29) is 29.8 Å². The lowest BCUT2D eigenvalue weighted by Crippen LogP contribution is -2.39. The molecule has 1 saturated heterocycles. The Hall–Kier alpha value is -2.81. The highest BCUT2D eigenvalue weighted by atomic mass is 32.1. The van der Waals surface area contributed by atoms with Crippen molar-refractivity contribution in [3.8, 4) is 0 Å². The Labute approximate surface area is 185 Å². The summed E-state index contributed by atoms with van der Waals surface area (Å²) >= 11 is 1.42. The number of hydrazine groups is 1. The predicted octanol–water partition coefficient (Wildman–Crippen LogP) is 4.00. The Bertz CT molecular complexity index is 1090. The number of aryl methyl sites for hydroxylation is 1. The van der Waals surface area contributed by atoms with E-state index in [0.717, 1.165) is 16.6 Å². The molecule has 2 heterocycles. The van der Waals surface area contributed by atoms with E-state index in [2.05, 4.69) is 57.7 Å². The molecule has 162 valence electrons. The third-order valence-electron chi connectivity index (χ3n) is 5.42. The van der Waals surface area contributed by atoms with E-state index < -0.39 is 0 Å². The van der Waals surface area contributed by atoms with Crippen LogP contribution < -0.4 is 21.5 Å². The van der Waals surface area contributed by atoms with Gasteiger partial charge in [0.05, 0.1) is 10.2 Å². The Kier molecular flexibility index (Phi) is 6.31. The van der Waals surface area contributed by atoms with Gasteiger partial charge in [-0.2, -0.15) is 0 Å². The van der Waals surface area contributed by atoms with Crippen molar-refractivity contribution in [3.05, 3.63) is 53.6 Å². The van der Waals surface area contributed by atoms with Crippen LogP contribution in [0.25, 0.3) is 10.2 Å². The van der Waals surface area contributed by atoms with Gasteiger partial charge in [0.2, 0.25) is 11.8 Å². The minimum absolute atomic E-state index is 0.0636. The SMILES string of the molecule is CCc1ccc(C2CC(C(=O)Nc3ccc4sc(NC(=O)C(C)C)nc4c3)NN2)cc1. The minimum atomic E-state index is -0.331. The molecule has 0 saturated carbocycles. The number of aromatic nitrogens is 1. The number of amides is 2. The normalized spacial score (nSPS) is 18.5. The summed E-state index contributed by atoms with van der Waals surface area (Å²) in [5.41, 5.74) is 10.2. The summed E-state index contributed by atoms with van der Waals surface area (Å²) in [7, 11) is 0. The van der Waals surface area contributed by atoms with Crippen molar-refractivity contribution in [2.75, 3.05) is 10.6 Å². The van der Waals surface area contributed by atoms with Crippen LogP contribution in [0.3, 0.4) is 0 Å². The van der Waals surface area contributed by atoms with Crippen LogP contribution in [-0.4, -0.2) is 22.8 Å². The van der Waals surface area contributed by atoms with Crippen LogP contribution in [0, 0.1) is 5.92 Å². The zero-order valence-electron chi connectivity index (χ0n) is 17.9. The van der Waals surface area contributed by atoms with E-state index in [0.29, 0.717) is 17.2 Å². The zero-order chi connectivity index (χ0) is 22.0. The molecule has 0 bridgehead atoms. The Morgan fingerprint density at radius 2 is 1.90 bits per heavy atom. The van der Waals surface area contributed by atoms with Gasteiger partial charge in [0.1, 0.15) is 6.04 Å². The topological polar surface area (TPSA) is 95.2 Å². The van der Waals surface area contributed by atoms with Crippen LogP contribution in [0.2, 0.25) is 0 Å². The first-order valence-electron chi connectivity index (χ1n) is 10.5. The van der Waals surface area contributed by atoms with Crippen LogP contribution in [-0.2, 0) is 16.0 Å². The van der Waals surface area contributed by atoms with Crippen LogP contribution in [0.4, 0.5) is 10.8 Å². The zero-order valence-corrected chi connectivity index (χ0v) is 18.7. The van der Waals surface area contributed by atoms with Gasteiger partial charge in [0.25, 0.3) is 0 Å². The van der Waals surface area contributed by atoms with Gasteiger partial charge in [-0.3, -0.25) is 9.59 Å². The third kappa shape index (κ3) is 4.92. The van der Waals surface area contributed by atoms with Crippen molar-refractivity contribution >= 4 is 44.2 Å².